The summed E-state index contributed by atoms with van der Waals surface area (Å²) in [5.41, 5.74) is 5.74. The van der Waals surface area contributed by atoms with E-state index in [9.17, 15) is 10.2 Å². The smallest absolute Gasteiger partial charge is 0.178 e. The Hall–Kier alpha value is -3.20. The summed E-state index contributed by atoms with van der Waals surface area (Å²) in [5, 5.41) is 31.7. The van der Waals surface area contributed by atoms with Crippen LogP contribution in [0.3, 0.4) is 0 Å². The third-order valence-electron chi connectivity index (χ3n) is 7.63. The number of phenolic OH excluding ortho intramolecular Hbond substituents is 2. The van der Waals surface area contributed by atoms with Crippen LogP contribution in [0.4, 0.5) is 0 Å². The number of aryl methyl sites for hydroxylation is 4. The van der Waals surface area contributed by atoms with Crippen molar-refractivity contribution >= 4 is 54.3 Å². The Balaban J connectivity index is 1.84. The lowest BCUT2D eigenvalue weighted by Crippen LogP contribution is -2.04. The topological polar surface area (TPSA) is 53.6 Å². The molecule has 5 aromatic carbocycles. The molecule has 0 saturated heterocycles. The van der Waals surface area contributed by atoms with Crippen LogP contribution < -0.4 is 0 Å². The van der Waals surface area contributed by atoms with Gasteiger partial charge in [-0.15, -0.1) is 0 Å². The second-order valence-corrected chi connectivity index (χ2v) is 8.92. The quantitative estimate of drug-likeness (QED) is 0.240. The van der Waals surface area contributed by atoms with E-state index in [0.29, 0.717) is 11.2 Å². The van der Waals surface area contributed by atoms with Crippen molar-refractivity contribution in [2.45, 2.75) is 38.5 Å². The summed E-state index contributed by atoms with van der Waals surface area (Å²) in [5.74, 6) is 0.538. The zero-order valence-electron chi connectivity index (χ0n) is 15.9. The summed E-state index contributed by atoms with van der Waals surface area (Å²) in [6.45, 7) is 0. The van der Waals surface area contributed by atoms with Crippen LogP contribution >= 0.6 is 0 Å². The van der Waals surface area contributed by atoms with Gasteiger partial charge in [-0.2, -0.15) is 0 Å². The van der Waals surface area contributed by atoms with Crippen molar-refractivity contribution in [1.29, 1.82) is 0 Å². The zero-order valence-corrected chi connectivity index (χ0v) is 15.9. The SMILES string of the molecule is Oc1c2c3c(ccc4c5ccc6c7c(c(O)c8oc1c(c34)c8c75)CCC6)CCC2. The van der Waals surface area contributed by atoms with Gasteiger partial charge in [0.25, 0.3) is 0 Å². The highest BCUT2D eigenvalue weighted by molar-refractivity contribution is 6.41. The van der Waals surface area contributed by atoms with Crippen molar-refractivity contribution in [2.24, 2.45) is 0 Å². The highest BCUT2D eigenvalue weighted by Crippen LogP contribution is 2.55. The Morgan fingerprint density at radius 3 is 1.52 bits per heavy atom. The molecule has 6 aromatic rings. The molecule has 1 aromatic heterocycles. The largest absolute Gasteiger partial charge is 0.504 e. The van der Waals surface area contributed by atoms with E-state index in [1.807, 2.05) is 0 Å². The molecule has 2 aliphatic carbocycles. The lowest BCUT2D eigenvalue weighted by Gasteiger charge is -2.24. The van der Waals surface area contributed by atoms with Crippen molar-refractivity contribution < 1.29 is 14.6 Å². The van der Waals surface area contributed by atoms with E-state index in [-0.39, 0.29) is 11.5 Å². The van der Waals surface area contributed by atoms with Crippen LogP contribution in [0.1, 0.15) is 35.1 Å². The van der Waals surface area contributed by atoms with Gasteiger partial charge in [-0.3, -0.25) is 0 Å². The number of phenols is 2. The van der Waals surface area contributed by atoms with E-state index in [1.165, 1.54) is 43.4 Å². The van der Waals surface area contributed by atoms with Gasteiger partial charge in [0, 0.05) is 32.7 Å². The molecule has 2 aliphatic rings. The molecule has 0 amide bonds. The average molecular weight is 378 g/mol. The molecule has 0 fully saturated rings. The fraction of sp³-hybridized carbons (Fsp3) is 0.231. The normalized spacial score (nSPS) is 16.4. The molecular weight excluding hydrogens is 360 g/mol. The molecular formula is C26H18O3. The number of rotatable bonds is 0. The Bertz CT molecular complexity index is 1540. The minimum absolute atomic E-state index is 0.269. The number of hydrogen-bond acceptors (Lipinski definition) is 3. The second-order valence-electron chi connectivity index (χ2n) is 8.92. The van der Waals surface area contributed by atoms with Gasteiger partial charge in [0.15, 0.2) is 22.7 Å². The van der Waals surface area contributed by atoms with E-state index in [2.05, 4.69) is 24.3 Å². The third-order valence-corrected chi connectivity index (χ3v) is 7.63. The number of hydrogen-bond donors (Lipinski definition) is 2. The van der Waals surface area contributed by atoms with Crippen LogP contribution in [-0.2, 0) is 25.7 Å². The minimum atomic E-state index is 0.269. The number of fused-ring (bicyclic) bond motifs is 1. The van der Waals surface area contributed by atoms with E-state index in [4.69, 9.17) is 4.42 Å². The van der Waals surface area contributed by atoms with Crippen LogP contribution in [0.2, 0.25) is 0 Å². The van der Waals surface area contributed by atoms with Gasteiger partial charge in [-0.25, -0.2) is 0 Å². The zero-order chi connectivity index (χ0) is 19.0. The maximum atomic E-state index is 11.2. The van der Waals surface area contributed by atoms with Crippen LogP contribution in [0.5, 0.6) is 11.5 Å². The van der Waals surface area contributed by atoms with Gasteiger partial charge < -0.3 is 14.6 Å². The fourth-order valence-corrected chi connectivity index (χ4v) is 6.52. The van der Waals surface area contributed by atoms with Crippen molar-refractivity contribution in [3.05, 3.63) is 46.5 Å². The first-order chi connectivity index (χ1) is 14.2. The number of furan rings is 1. The van der Waals surface area contributed by atoms with Crippen molar-refractivity contribution in [2.75, 3.05) is 0 Å². The van der Waals surface area contributed by atoms with Gasteiger partial charge in [0.2, 0.25) is 0 Å². The monoisotopic (exact) mass is 378 g/mol. The van der Waals surface area contributed by atoms with Crippen LogP contribution in [0.25, 0.3) is 54.3 Å². The predicted molar refractivity (Wildman–Crippen MR) is 116 cm³/mol. The molecule has 2 N–H and O–H groups in total. The standard InChI is InChI=1S/C26H18O3/c27-23-15-5-1-3-11-7-9-13-14-10-8-12-4-2-6-16-18(12)20(14)22-21(19(13)17(11)15)25(23)29-26(22)24(16)28/h7-10,27-28H,1-6H2. The van der Waals surface area contributed by atoms with Crippen molar-refractivity contribution in [3.8, 4) is 11.5 Å². The molecule has 8 rings (SSSR count). The molecule has 0 bridgehead atoms. The van der Waals surface area contributed by atoms with E-state index < -0.39 is 0 Å². The molecule has 1 heterocycles. The summed E-state index contributed by atoms with van der Waals surface area (Å²) >= 11 is 0. The summed E-state index contributed by atoms with van der Waals surface area (Å²) < 4.78 is 6.27. The molecule has 3 nitrogen and oxygen atoms in total. The second kappa shape index (κ2) is 4.51. The summed E-state index contributed by atoms with van der Waals surface area (Å²) in [7, 11) is 0. The molecule has 3 heteroatoms. The molecule has 0 spiro atoms. The highest BCUT2D eigenvalue weighted by atomic mass is 16.4. The lowest BCUT2D eigenvalue weighted by atomic mass is 9.79. The maximum Gasteiger partial charge on any atom is 0.178 e. The van der Waals surface area contributed by atoms with Crippen LogP contribution in [-0.4, -0.2) is 10.2 Å². The molecule has 0 saturated carbocycles. The van der Waals surface area contributed by atoms with Crippen molar-refractivity contribution in [3.63, 3.8) is 0 Å². The first-order valence-corrected chi connectivity index (χ1v) is 10.6. The van der Waals surface area contributed by atoms with Gasteiger partial charge in [0.05, 0.1) is 0 Å². The van der Waals surface area contributed by atoms with Gasteiger partial charge >= 0.3 is 0 Å². The fourth-order valence-electron chi connectivity index (χ4n) is 6.52. The third kappa shape index (κ3) is 1.43. The van der Waals surface area contributed by atoms with Gasteiger partial charge in [0.1, 0.15) is 0 Å². The van der Waals surface area contributed by atoms with E-state index in [1.54, 1.807) is 0 Å². The summed E-state index contributed by atoms with van der Waals surface area (Å²) in [4.78, 5) is 0. The van der Waals surface area contributed by atoms with Crippen LogP contribution in [0.15, 0.2) is 28.7 Å². The lowest BCUT2D eigenvalue weighted by molar-refractivity contribution is 0.450. The van der Waals surface area contributed by atoms with Gasteiger partial charge in [-0.1, -0.05) is 24.3 Å². The number of aromatic hydroxyl groups is 2. The summed E-state index contributed by atoms with van der Waals surface area (Å²) in [6.07, 6.45) is 5.90. The van der Waals surface area contributed by atoms with Gasteiger partial charge in [-0.05, 0) is 71.2 Å². The Kier molecular flexibility index (Phi) is 2.29. The predicted octanol–water partition coefficient (Wildman–Crippen LogP) is 6.31. The first kappa shape index (κ1) is 14.7. The summed E-state index contributed by atoms with van der Waals surface area (Å²) in [6, 6.07) is 9.02. The molecule has 0 aliphatic heterocycles. The molecule has 0 radical (unpaired) electrons. The van der Waals surface area contributed by atoms with E-state index >= 15 is 0 Å². The first-order valence-electron chi connectivity index (χ1n) is 10.6. The van der Waals surface area contributed by atoms with Crippen LogP contribution in [0, 0.1) is 0 Å². The van der Waals surface area contributed by atoms with Crippen molar-refractivity contribution in [1.82, 2.24) is 0 Å². The van der Waals surface area contributed by atoms with E-state index in [0.717, 1.165) is 60.4 Å². The molecule has 29 heavy (non-hydrogen) atoms. The average Bonchev–Trinajstić information content (AvgIpc) is 3.17. The highest BCUT2D eigenvalue weighted by Gasteiger charge is 2.31. The minimum Gasteiger partial charge on any atom is -0.504 e. The number of benzene rings is 5. The Morgan fingerprint density at radius 2 is 1.03 bits per heavy atom. The Labute approximate surface area is 165 Å². The molecule has 0 atom stereocenters. The molecule has 140 valence electrons. The molecule has 0 unspecified atom stereocenters. The Morgan fingerprint density at radius 1 is 0.552 bits per heavy atom. The maximum absolute atomic E-state index is 11.2.